The van der Waals surface area contributed by atoms with E-state index in [9.17, 15) is 0 Å². The topological polar surface area (TPSA) is 44.5 Å². The van der Waals surface area contributed by atoms with E-state index in [0.29, 0.717) is 18.0 Å². The van der Waals surface area contributed by atoms with Gasteiger partial charge in [0.05, 0.1) is 12.7 Å². The zero-order valence-electron chi connectivity index (χ0n) is 6.79. The van der Waals surface area contributed by atoms with Gasteiger partial charge >= 0.3 is 0 Å². The lowest BCUT2D eigenvalue weighted by Gasteiger charge is -2.12. The predicted octanol–water partition coefficient (Wildman–Crippen LogP) is 0.787. The van der Waals surface area contributed by atoms with E-state index < -0.39 is 0 Å². The summed E-state index contributed by atoms with van der Waals surface area (Å²) in [4.78, 5) is 4.48. The SMILES string of the molecule is CC1OCCC1SCCON. The first-order valence-corrected chi connectivity index (χ1v) is 4.94. The van der Waals surface area contributed by atoms with Crippen LogP contribution < -0.4 is 5.90 Å². The lowest BCUT2D eigenvalue weighted by atomic mass is 10.3. The third kappa shape index (κ3) is 2.99. The molecule has 0 saturated carbocycles. The summed E-state index contributed by atoms with van der Waals surface area (Å²) in [5, 5.41) is 0.644. The molecule has 0 bridgehead atoms. The number of ether oxygens (including phenoxy) is 1. The minimum absolute atomic E-state index is 0.401. The second-order valence-electron chi connectivity index (χ2n) is 2.64. The van der Waals surface area contributed by atoms with Crippen LogP contribution in [-0.2, 0) is 9.57 Å². The van der Waals surface area contributed by atoms with E-state index >= 15 is 0 Å². The van der Waals surface area contributed by atoms with Crippen molar-refractivity contribution in [1.82, 2.24) is 0 Å². The first-order valence-electron chi connectivity index (χ1n) is 3.89. The Morgan fingerprint density at radius 2 is 2.55 bits per heavy atom. The van der Waals surface area contributed by atoms with Crippen molar-refractivity contribution in [2.75, 3.05) is 19.0 Å². The predicted molar refractivity (Wildman–Crippen MR) is 46.4 cm³/mol. The highest BCUT2D eigenvalue weighted by atomic mass is 32.2. The van der Waals surface area contributed by atoms with Crippen LogP contribution in [0.5, 0.6) is 0 Å². The summed E-state index contributed by atoms with van der Waals surface area (Å²) in [6.45, 7) is 3.66. The molecule has 1 saturated heterocycles. The Morgan fingerprint density at radius 3 is 3.09 bits per heavy atom. The molecule has 1 rings (SSSR count). The second kappa shape index (κ2) is 4.98. The van der Waals surface area contributed by atoms with Gasteiger partial charge in [-0.05, 0) is 13.3 Å². The molecule has 11 heavy (non-hydrogen) atoms. The van der Waals surface area contributed by atoms with E-state index in [2.05, 4.69) is 11.8 Å². The number of hydrogen-bond acceptors (Lipinski definition) is 4. The van der Waals surface area contributed by atoms with Crippen LogP contribution in [0.2, 0.25) is 0 Å². The monoisotopic (exact) mass is 177 g/mol. The summed E-state index contributed by atoms with van der Waals surface area (Å²) in [6.07, 6.45) is 1.56. The van der Waals surface area contributed by atoms with Gasteiger partial charge in [-0.15, -0.1) is 0 Å². The van der Waals surface area contributed by atoms with Gasteiger partial charge in [-0.3, -0.25) is 0 Å². The van der Waals surface area contributed by atoms with E-state index in [0.717, 1.165) is 18.8 Å². The summed E-state index contributed by atoms with van der Waals surface area (Å²) in [5.41, 5.74) is 0. The molecule has 0 amide bonds. The van der Waals surface area contributed by atoms with E-state index in [1.807, 2.05) is 11.8 Å². The van der Waals surface area contributed by atoms with Gasteiger partial charge in [0.15, 0.2) is 0 Å². The standard InChI is InChI=1S/C7H15NO2S/c1-6-7(2-3-9-6)11-5-4-10-8/h6-7H,2-5,8H2,1H3. The summed E-state index contributed by atoms with van der Waals surface area (Å²) < 4.78 is 5.40. The highest BCUT2D eigenvalue weighted by Crippen LogP contribution is 2.25. The largest absolute Gasteiger partial charge is 0.377 e. The summed E-state index contributed by atoms with van der Waals surface area (Å²) in [7, 11) is 0. The van der Waals surface area contributed by atoms with Crippen LogP contribution in [0.4, 0.5) is 0 Å². The van der Waals surface area contributed by atoms with Gasteiger partial charge in [0.1, 0.15) is 0 Å². The third-order valence-corrected chi connectivity index (χ3v) is 3.29. The maximum atomic E-state index is 5.40. The molecule has 0 radical (unpaired) electrons. The average molecular weight is 177 g/mol. The molecule has 2 atom stereocenters. The minimum atomic E-state index is 0.401. The Kier molecular flexibility index (Phi) is 4.22. The molecule has 1 aliphatic heterocycles. The van der Waals surface area contributed by atoms with Gasteiger partial charge < -0.3 is 9.57 Å². The third-order valence-electron chi connectivity index (χ3n) is 1.84. The fourth-order valence-corrected chi connectivity index (χ4v) is 2.29. The van der Waals surface area contributed by atoms with E-state index in [-0.39, 0.29) is 0 Å². The van der Waals surface area contributed by atoms with Crippen molar-refractivity contribution in [1.29, 1.82) is 0 Å². The van der Waals surface area contributed by atoms with Crippen molar-refractivity contribution in [3.8, 4) is 0 Å². The Bertz CT molecular complexity index is 113. The van der Waals surface area contributed by atoms with Crippen LogP contribution in [-0.4, -0.2) is 30.3 Å². The van der Waals surface area contributed by atoms with Crippen LogP contribution in [0.1, 0.15) is 13.3 Å². The van der Waals surface area contributed by atoms with Crippen molar-refractivity contribution in [3.63, 3.8) is 0 Å². The second-order valence-corrected chi connectivity index (χ2v) is 3.99. The molecule has 2 N–H and O–H groups in total. The molecular formula is C7H15NO2S. The van der Waals surface area contributed by atoms with E-state index in [1.165, 1.54) is 0 Å². The van der Waals surface area contributed by atoms with Crippen LogP contribution >= 0.6 is 11.8 Å². The molecule has 66 valence electrons. The number of hydrogen-bond donors (Lipinski definition) is 1. The van der Waals surface area contributed by atoms with Crippen LogP contribution in [0.3, 0.4) is 0 Å². The van der Waals surface area contributed by atoms with Crippen molar-refractivity contribution >= 4 is 11.8 Å². The molecular weight excluding hydrogens is 162 g/mol. The zero-order valence-corrected chi connectivity index (χ0v) is 7.60. The van der Waals surface area contributed by atoms with Gasteiger partial charge in [-0.25, -0.2) is 5.90 Å². The van der Waals surface area contributed by atoms with Crippen LogP contribution in [0, 0.1) is 0 Å². The average Bonchev–Trinajstić information content (AvgIpc) is 2.37. The number of nitrogens with two attached hydrogens (primary N) is 1. The lowest BCUT2D eigenvalue weighted by Crippen LogP contribution is -2.15. The van der Waals surface area contributed by atoms with E-state index in [1.54, 1.807) is 0 Å². The molecule has 2 unspecified atom stereocenters. The van der Waals surface area contributed by atoms with E-state index in [4.69, 9.17) is 10.6 Å². The molecule has 1 heterocycles. The first-order chi connectivity index (χ1) is 5.34. The maximum absolute atomic E-state index is 5.40. The number of rotatable bonds is 4. The molecule has 1 aliphatic rings. The smallest absolute Gasteiger partial charge is 0.0769 e. The fraction of sp³-hybridized carbons (Fsp3) is 1.00. The van der Waals surface area contributed by atoms with Crippen molar-refractivity contribution in [3.05, 3.63) is 0 Å². The van der Waals surface area contributed by atoms with Crippen molar-refractivity contribution in [2.45, 2.75) is 24.7 Å². The van der Waals surface area contributed by atoms with Gasteiger partial charge in [0.25, 0.3) is 0 Å². The molecule has 4 heteroatoms. The van der Waals surface area contributed by atoms with Gasteiger partial charge in [0, 0.05) is 17.6 Å². The molecule has 3 nitrogen and oxygen atoms in total. The Balaban J connectivity index is 2.05. The normalized spacial score (nSPS) is 31.1. The molecule has 0 aliphatic carbocycles. The molecule has 0 aromatic rings. The highest BCUT2D eigenvalue weighted by Gasteiger charge is 2.23. The Labute approximate surface area is 71.6 Å². The fourth-order valence-electron chi connectivity index (χ4n) is 1.18. The van der Waals surface area contributed by atoms with Gasteiger partial charge in [0.2, 0.25) is 0 Å². The maximum Gasteiger partial charge on any atom is 0.0769 e. The molecule has 0 aromatic heterocycles. The Hall–Kier alpha value is 0.230. The highest BCUT2D eigenvalue weighted by molar-refractivity contribution is 7.99. The summed E-state index contributed by atoms with van der Waals surface area (Å²) in [5.74, 6) is 5.87. The van der Waals surface area contributed by atoms with Crippen LogP contribution in [0.15, 0.2) is 0 Å². The molecule has 1 fully saturated rings. The van der Waals surface area contributed by atoms with Crippen molar-refractivity contribution < 1.29 is 9.57 Å². The molecule has 0 spiro atoms. The molecule has 0 aromatic carbocycles. The minimum Gasteiger partial charge on any atom is -0.377 e. The lowest BCUT2D eigenvalue weighted by molar-refractivity contribution is 0.127. The summed E-state index contributed by atoms with van der Waals surface area (Å²) >= 11 is 1.89. The Morgan fingerprint density at radius 1 is 1.73 bits per heavy atom. The van der Waals surface area contributed by atoms with Crippen molar-refractivity contribution in [2.24, 2.45) is 5.90 Å². The quantitative estimate of drug-likeness (QED) is 0.509. The zero-order chi connectivity index (χ0) is 8.10. The van der Waals surface area contributed by atoms with Crippen LogP contribution in [0.25, 0.3) is 0 Å². The first kappa shape index (κ1) is 9.32. The summed E-state index contributed by atoms with van der Waals surface area (Å²) in [6, 6.07) is 0. The van der Waals surface area contributed by atoms with Gasteiger partial charge in [-0.1, -0.05) is 0 Å². The number of thioether (sulfide) groups is 1. The van der Waals surface area contributed by atoms with Gasteiger partial charge in [-0.2, -0.15) is 11.8 Å².